The Bertz CT molecular complexity index is 959. The number of aromatic nitrogens is 3. The summed E-state index contributed by atoms with van der Waals surface area (Å²) in [6.07, 6.45) is 0. The van der Waals surface area contributed by atoms with E-state index in [4.69, 9.17) is 9.26 Å². The van der Waals surface area contributed by atoms with Crippen LogP contribution in [0.5, 0.6) is 0 Å². The maximum atomic E-state index is 12.1. The van der Waals surface area contributed by atoms with Gasteiger partial charge < -0.3 is 9.26 Å². The van der Waals surface area contributed by atoms with Crippen LogP contribution < -0.4 is 0 Å². The molecular formula is C15H9N3O3S2. The fourth-order valence-corrected chi connectivity index (χ4v) is 3.24. The largest absolute Gasteiger partial charge is 0.455 e. The number of hydrogen-bond acceptors (Lipinski definition) is 8. The third kappa shape index (κ3) is 2.86. The molecule has 0 atom stereocenters. The van der Waals surface area contributed by atoms with Gasteiger partial charge in [0.1, 0.15) is 23.3 Å². The molecule has 0 aliphatic heterocycles. The van der Waals surface area contributed by atoms with Crippen LogP contribution in [-0.2, 0) is 11.3 Å². The van der Waals surface area contributed by atoms with Gasteiger partial charge in [0, 0.05) is 6.07 Å². The highest BCUT2D eigenvalue weighted by molar-refractivity contribution is 7.13. The van der Waals surface area contributed by atoms with E-state index >= 15 is 0 Å². The van der Waals surface area contributed by atoms with Crippen LogP contribution in [0.4, 0.5) is 0 Å². The van der Waals surface area contributed by atoms with E-state index in [1.807, 2.05) is 17.5 Å². The van der Waals surface area contributed by atoms with Crippen LogP contribution >= 0.6 is 23.1 Å². The number of esters is 1. The van der Waals surface area contributed by atoms with Gasteiger partial charge >= 0.3 is 5.97 Å². The molecule has 3 aromatic heterocycles. The summed E-state index contributed by atoms with van der Waals surface area (Å²) in [5.41, 5.74) is 2.46. The Labute approximate surface area is 138 Å². The standard InChI is InChI=1S/C15H9N3O3S2/c19-15(9-3-4-11-12(6-9)18-23-17-11)20-8-10-7-13(21-16-10)14-2-1-5-22-14/h1-7H,8H2. The van der Waals surface area contributed by atoms with E-state index in [2.05, 4.69) is 13.9 Å². The molecule has 3 heterocycles. The van der Waals surface area contributed by atoms with Crippen molar-refractivity contribution in [3.05, 3.63) is 53.0 Å². The Balaban J connectivity index is 1.45. The lowest BCUT2D eigenvalue weighted by atomic mass is 10.2. The lowest BCUT2D eigenvalue weighted by Gasteiger charge is -2.01. The minimum absolute atomic E-state index is 0.0566. The normalized spacial score (nSPS) is 11.0. The molecular weight excluding hydrogens is 334 g/mol. The molecule has 0 amide bonds. The van der Waals surface area contributed by atoms with Crippen LogP contribution in [0.15, 0.2) is 46.3 Å². The summed E-state index contributed by atoms with van der Waals surface area (Å²) >= 11 is 2.67. The van der Waals surface area contributed by atoms with Crippen molar-refractivity contribution in [3.63, 3.8) is 0 Å². The van der Waals surface area contributed by atoms with Gasteiger partial charge in [-0.05, 0) is 29.6 Å². The molecule has 0 aliphatic carbocycles. The molecule has 0 radical (unpaired) electrons. The van der Waals surface area contributed by atoms with Crippen molar-refractivity contribution in [2.75, 3.05) is 0 Å². The summed E-state index contributed by atoms with van der Waals surface area (Å²) in [7, 11) is 0. The Morgan fingerprint density at radius 3 is 2.96 bits per heavy atom. The molecule has 0 saturated carbocycles. The molecule has 0 N–H and O–H groups in total. The quantitative estimate of drug-likeness (QED) is 0.525. The average molecular weight is 343 g/mol. The maximum Gasteiger partial charge on any atom is 0.338 e. The Morgan fingerprint density at radius 1 is 1.17 bits per heavy atom. The van der Waals surface area contributed by atoms with Crippen LogP contribution in [0, 0.1) is 0 Å². The number of thiophene rings is 1. The summed E-state index contributed by atoms with van der Waals surface area (Å²) in [4.78, 5) is 13.1. The van der Waals surface area contributed by atoms with Crippen LogP contribution in [0.3, 0.4) is 0 Å². The van der Waals surface area contributed by atoms with Gasteiger partial charge in [-0.15, -0.1) is 11.3 Å². The van der Waals surface area contributed by atoms with Gasteiger partial charge in [0.2, 0.25) is 0 Å². The summed E-state index contributed by atoms with van der Waals surface area (Å²) < 4.78 is 18.7. The SMILES string of the molecule is O=C(OCc1cc(-c2cccs2)on1)c1ccc2nsnc2c1. The van der Waals surface area contributed by atoms with Gasteiger partial charge in [0.15, 0.2) is 5.76 Å². The lowest BCUT2D eigenvalue weighted by molar-refractivity contribution is 0.0464. The van der Waals surface area contributed by atoms with Gasteiger partial charge in [0.05, 0.1) is 22.2 Å². The Kier molecular flexibility index (Phi) is 3.60. The van der Waals surface area contributed by atoms with Crippen LogP contribution in [0.2, 0.25) is 0 Å². The third-order valence-corrected chi connectivity index (χ3v) is 4.60. The van der Waals surface area contributed by atoms with Crippen molar-refractivity contribution in [3.8, 4) is 10.6 Å². The van der Waals surface area contributed by atoms with E-state index < -0.39 is 5.97 Å². The predicted octanol–water partition coefficient (Wildman–Crippen LogP) is 3.76. The van der Waals surface area contributed by atoms with E-state index in [0.717, 1.165) is 22.1 Å². The molecule has 0 unspecified atom stereocenters. The summed E-state index contributed by atoms with van der Waals surface area (Å²) in [6, 6.07) is 10.7. The van der Waals surface area contributed by atoms with E-state index in [1.54, 1.807) is 35.6 Å². The first-order valence-corrected chi connectivity index (χ1v) is 8.29. The molecule has 0 saturated heterocycles. The fraction of sp³-hybridized carbons (Fsp3) is 0.0667. The van der Waals surface area contributed by atoms with E-state index in [0.29, 0.717) is 22.5 Å². The van der Waals surface area contributed by atoms with Crippen LogP contribution in [0.1, 0.15) is 16.1 Å². The molecule has 0 fully saturated rings. The number of carbonyl (C=O) groups is 1. The topological polar surface area (TPSA) is 78.1 Å². The summed E-state index contributed by atoms with van der Waals surface area (Å²) in [6.45, 7) is 0.0566. The highest BCUT2D eigenvalue weighted by Crippen LogP contribution is 2.25. The van der Waals surface area contributed by atoms with E-state index in [1.165, 1.54) is 0 Å². The highest BCUT2D eigenvalue weighted by atomic mass is 32.1. The van der Waals surface area contributed by atoms with Gasteiger partial charge in [-0.25, -0.2) is 4.79 Å². The van der Waals surface area contributed by atoms with Crippen molar-refractivity contribution in [1.29, 1.82) is 0 Å². The van der Waals surface area contributed by atoms with E-state index in [9.17, 15) is 4.79 Å². The third-order valence-electron chi connectivity index (χ3n) is 3.16. The molecule has 0 spiro atoms. The van der Waals surface area contributed by atoms with Gasteiger partial charge in [-0.2, -0.15) is 8.75 Å². The predicted molar refractivity (Wildman–Crippen MR) is 86.4 cm³/mol. The Morgan fingerprint density at radius 2 is 2.09 bits per heavy atom. The summed E-state index contributed by atoms with van der Waals surface area (Å²) in [5.74, 6) is 0.238. The molecule has 1 aromatic carbocycles. The van der Waals surface area contributed by atoms with Crippen molar-refractivity contribution in [2.24, 2.45) is 0 Å². The zero-order valence-corrected chi connectivity index (χ0v) is 13.3. The lowest BCUT2D eigenvalue weighted by Crippen LogP contribution is -2.05. The molecule has 114 valence electrons. The second-order valence-electron chi connectivity index (χ2n) is 4.70. The first-order valence-electron chi connectivity index (χ1n) is 6.68. The van der Waals surface area contributed by atoms with Crippen molar-refractivity contribution < 1.29 is 14.1 Å². The first kappa shape index (κ1) is 14.0. The molecule has 23 heavy (non-hydrogen) atoms. The molecule has 0 bridgehead atoms. The van der Waals surface area contributed by atoms with Gasteiger partial charge in [-0.3, -0.25) is 0 Å². The number of ether oxygens (including phenoxy) is 1. The smallest absolute Gasteiger partial charge is 0.338 e. The van der Waals surface area contributed by atoms with Gasteiger partial charge in [0.25, 0.3) is 0 Å². The minimum atomic E-state index is -0.430. The Hall–Kier alpha value is -2.58. The number of hydrogen-bond donors (Lipinski definition) is 0. The number of carbonyl (C=O) groups excluding carboxylic acids is 1. The van der Waals surface area contributed by atoms with Crippen molar-refractivity contribution >= 4 is 40.1 Å². The number of fused-ring (bicyclic) bond motifs is 1. The monoisotopic (exact) mass is 343 g/mol. The molecule has 0 aliphatic rings. The second-order valence-corrected chi connectivity index (χ2v) is 6.18. The fourth-order valence-electron chi connectivity index (χ4n) is 2.05. The van der Waals surface area contributed by atoms with Crippen molar-refractivity contribution in [1.82, 2.24) is 13.9 Å². The van der Waals surface area contributed by atoms with E-state index in [-0.39, 0.29) is 6.61 Å². The molecule has 4 rings (SSSR count). The zero-order chi connectivity index (χ0) is 15.6. The number of nitrogens with zero attached hydrogens (tertiary/aromatic N) is 3. The van der Waals surface area contributed by atoms with Crippen LogP contribution in [0.25, 0.3) is 21.7 Å². The number of rotatable bonds is 4. The first-order chi connectivity index (χ1) is 11.3. The number of benzene rings is 1. The second kappa shape index (κ2) is 5.90. The van der Waals surface area contributed by atoms with Crippen molar-refractivity contribution in [2.45, 2.75) is 6.61 Å². The van der Waals surface area contributed by atoms with Gasteiger partial charge in [-0.1, -0.05) is 11.2 Å². The molecule has 8 heteroatoms. The van der Waals surface area contributed by atoms with Crippen LogP contribution in [-0.4, -0.2) is 19.9 Å². The average Bonchev–Trinajstić information content (AvgIpc) is 3.32. The summed E-state index contributed by atoms with van der Waals surface area (Å²) in [5, 5.41) is 5.87. The zero-order valence-electron chi connectivity index (χ0n) is 11.6. The molecule has 6 nitrogen and oxygen atoms in total. The molecule has 4 aromatic rings. The highest BCUT2D eigenvalue weighted by Gasteiger charge is 2.12. The maximum absolute atomic E-state index is 12.1. The minimum Gasteiger partial charge on any atom is -0.455 e.